The maximum Gasteiger partial charge on any atom is 0.259 e. The molecule has 0 saturated carbocycles. The van der Waals surface area contributed by atoms with Crippen LogP contribution in [0.1, 0.15) is 10.4 Å². The Bertz CT molecular complexity index is 814. The largest absolute Gasteiger partial charge is 0.494 e. The number of rotatable bonds is 3. The second-order valence-electron chi connectivity index (χ2n) is 4.42. The van der Waals surface area contributed by atoms with Crippen LogP contribution in [0.2, 0.25) is 0 Å². The summed E-state index contributed by atoms with van der Waals surface area (Å²) in [5, 5.41) is 2.85. The summed E-state index contributed by atoms with van der Waals surface area (Å²) in [6.45, 7) is 0. The lowest BCUT2D eigenvalue weighted by Gasteiger charge is -2.11. The molecule has 3 N–H and O–H groups in total. The predicted octanol–water partition coefficient (Wildman–Crippen LogP) is 3.14. The van der Waals surface area contributed by atoms with Crippen molar-refractivity contribution in [3.05, 3.63) is 47.5 Å². The predicted molar refractivity (Wildman–Crippen MR) is 85.0 cm³/mol. The van der Waals surface area contributed by atoms with Crippen molar-refractivity contribution in [3.63, 3.8) is 0 Å². The van der Waals surface area contributed by atoms with E-state index >= 15 is 0 Å². The van der Waals surface area contributed by atoms with Crippen molar-refractivity contribution in [2.45, 2.75) is 0 Å². The van der Waals surface area contributed by atoms with E-state index in [4.69, 9.17) is 10.5 Å². The fraction of sp³-hybridized carbons (Fsp3) is 0.0667. The van der Waals surface area contributed by atoms with E-state index < -0.39 is 0 Å². The van der Waals surface area contributed by atoms with Crippen LogP contribution in [0.4, 0.5) is 11.4 Å². The number of para-hydroxylation sites is 1. The number of amides is 1. The summed E-state index contributed by atoms with van der Waals surface area (Å²) < 4.78 is 6.22. The first-order valence-electron chi connectivity index (χ1n) is 6.26. The van der Waals surface area contributed by atoms with Gasteiger partial charge in [-0.2, -0.15) is 0 Å². The lowest BCUT2D eigenvalue weighted by atomic mass is 10.1. The van der Waals surface area contributed by atoms with E-state index in [1.54, 1.807) is 23.7 Å². The van der Waals surface area contributed by atoms with E-state index in [1.165, 1.54) is 18.4 Å². The normalized spacial score (nSPS) is 10.5. The zero-order valence-corrected chi connectivity index (χ0v) is 12.1. The number of carbonyl (C=O) groups excluding carboxylic acids is 1. The molecule has 3 aromatic rings. The molecule has 1 aromatic heterocycles. The second-order valence-corrected chi connectivity index (χ2v) is 5.30. The topological polar surface area (TPSA) is 77.2 Å². The monoisotopic (exact) mass is 299 g/mol. The molecule has 0 aliphatic carbocycles. The van der Waals surface area contributed by atoms with Gasteiger partial charge in [0.2, 0.25) is 0 Å². The number of benzene rings is 2. The van der Waals surface area contributed by atoms with Crippen LogP contribution < -0.4 is 15.8 Å². The molecule has 106 valence electrons. The highest BCUT2D eigenvalue weighted by molar-refractivity contribution is 7.16. The highest BCUT2D eigenvalue weighted by Crippen LogP contribution is 2.27. The first kappa shape index (κ1) is 13.4. The molecule has 0 aliphatic rings. The van der Waals surface area contributed by atoms with Crippen LogP contribution >= 0.6 is 11.3 Å². The summed E-state index contributed by atoms with van der Waals surface area (Å²) >= 11 is 1.53. The van der Waals surface area contributed by atoms with E-state index in [0.717, 1.165) is 10.2 Å². The molecular weight excluding hydrogens is 286 g/mol. The van der Waals surface area contributed by atoms with Crippen LogP contribution in [0.25, 0.3) is 10.2 Å². The number of nitrogen functional groups attached to an aromatic ring is 1. The number of thiazole rings is 1. The Kier molecular flexibility index (Phi) is 3.45. The van der Waals surface area contributed by atoms with Crippen LogP contribution in [-0.4, -0.2) is 18.0 Å². The number of anilines is 2. The Labute approximate surface area is 125 Å². The van der Waals surface area contributed by atoms with E-state index in [2.05, 4.69) is 10.3 Å². The van der Waals surface area contributed by atoms with Crippen molar-refractivity contribution < 1.29 is 9.53 Å². The standard InChI is InChI=1S/C15H13N3O2S/c1-20-14-10(3-2-4-11(14)16)15(19)18-9-5-6-12-13(7-9)21-8-17-12/h2-8H,16H2,1H3,(H,18,19). The SMILES string of the molecule is COc1c(N)cccc1C(=O)Nc1ccc2ncsc2c1. The molecule has 0 atom stereocenters. The minimum Gasteiger partial charge on any atom is -0.494 e. The number of nitrogens with two attached hydrogens (primary N) is 1. The maximum absolute atomic E-state index is 12.4. The van der Waals surface area contributed by atoms with E-state index in [0.29, 0.717) is 22.7 Å². The van der Waals surface area contributed by atoms with Gasteiger partial charge in [0.1, 0.15) is 0 Å². The number of fused-ring (bicyclic) bond motifs is 1. The van der Waals surface area contributed by atoms with Gasteiger partial charge in [-0.15, -0.1) is 11.3 Å². The number of hydrogen-bond acceptors (Lipinski definition) is 5. The lowest BCUT2D eigenvalue weighted by molar-refractivity contribution is 0.102. The maximum atomic E-state index is 12.4. The van der Waals surface area contributed by atoms with Gasteiger partial charge >= 0.3 is 0 Å². The van der Waals surface area contributed by atoms with Gasteiger partial charge in [0.05, 0.1) is 34.1 Å². The van der Waals surface area contributed by atoms with Crippen molar-refractivity contribution in [1.82, 2.24) is 4.98 Å². The molecule has 1 amide bonds. The van der Waals surface area contributed by atoms with E-state index in [-0.39, 0.29) is 5.91 Å². The molecule has 1 heterocycles. The Hall–Kier alpha value is -2.60. The van der Waals surface area contributed by atoms with Gasteiger partial charge in [-0.25, -0.2) is 4.98 Å². The van der Waals surface area contributed by atoms with Gasteiger partial charge in [-0.3, -0.25) is 4.79 Å². The number of methoxy groups -OCH3 is 1. The van der Waals surface area contributed by atoms with Crippen molar-refractivity contribution in [2.75, 3.05) is 18.2 Å². The summed E-state index contributed by atoms with van der Waals surface area (Å²) in [6.07, 6.45) is 0. The third kappa shape index (κ3) is 2.53. The summed E-state index contributed by atoms with van der Waals surface area (Å²) in [6, 6.07) is 10.7. The Morgan fingerprint density at radius 2 is 2.19 bits per heavy atom. The zero-order valence-electron chi connectivity index (χ0n) is 11.3. The van der Waals surface area contributed by atoms with E-state index in [1.807, 2.05) is 18.2 Å². The van der Waals surface area contributed by atoms with Gasteiger partial charge in [0.25, 0.3) is 5.91 Å². The number of nitrogens with zero attached hydrogens (tertiary/aromatic N) is 1. The molecule has 3 rings (SSSR count). The molecule has 0 unspecified atom stereocenters. The third-order valence-electron chi connectivity index (χ3n) is 3.08. The molecular formula is C15H13N3O2S. The number of carbonyl (C=O) groups is 1. The van der Waals surface area contributed by atoms with Gasteiger partial charge in [0.15, 0.2) is 5.75 Å². The molecule has 0 saturated heterocycles. The van der Waals surface area contributed by atoms with Crippen molar-refractivity contribution >= 4 is 38.8 Å². The highest BCUT2D eigenvalue weighted by Gasteiger charge is 2.14. The van der Waals surface area contributed by atoms with Gasteiger partial charge < -0.3 is 15.8 Å². The van der Waals surface area contributed by atoms with Gasteiger partial charge in [-0.05, 0) is 30.3 Å². The Morgan fingerprint density at radius 3 is 3.00 bits per heavy atom. The summed E-state index contributed by atoms with van der Waals surface area (Å²) in [5.74, 6) is 0.122. The van der Waals surface area contributed by atoms with Crippen molar-refractivity contribution in [3.8, 4) is 5.75 Å². The molecule has 6 heteroatoms. The number of ether oxygens (including phenoxy) is 1. The first-order valence-corrected chi connectivity index (χ1v) is 7.14. The molecule has 0 spiro atoms. The number of hydrogen-bond donors (Lipinski definition) is 2. The molecule has 0 aliphatic heterocycles. The summed E-state index contributed by atoms with van der Waals surface area (Å²) in [5.41, 5.74) is 10.1. The third-order valence-corrected chi connectivity index (χ3v) is 3.88. The number of aromatic nitrogens is 1. The van der Waals surface area contributed by atoms with Crippen LogP contribution in [0, 0.1) is 0 Å². The molecule has 0 radical (unpaired) electrons. The number of nitrogens with one attached hydrogen (secondary N) is 1. The van der Waals surface area contributed by atoms with Gasteiger partial charge in [-0.1, -0.05) is 6.07 Å². The van der Waals surface area contributed by atoms with E-state index in [9.17, 15) is 4.79 Å². The highest BCUT2D eigenvalue weighted by atomic mass is 32.1. The first-order chi connectivity index (χ1) is 10.2. The summed E-state index contributed by atoms with van der Waals surface area (Å²) in [4.78, 5) is 16.6. The molecule has 2 aromatic carbocycles. The fourth-order valence-electron chi connectivity index (χ4n) is 2.09. The van der Waals surface area contributed by atoms with Crippen LogP contribution in [0.3, 0.4) is 0 Å². The van der Waals surface area contributed by atoms with Crippen molar-refractivity contribution in [2.24, 2.45) is 0 Å². The second kappa shape index (κ2) is 5.41. The van der Waals surface area contributed by atoms with Gasteiger partial charge in [0, 0.05) is 5.69 Å². The lowest BCUT2D eigenvalue weighted by Crippen LogP contribution is -2.13. The fourth-order valence-corrected chi connectivity index (χ4v) is 2.81. The molecule has 0 bridgehead atoms. The zero-order chi connectivity index (χ0) is 14.8. The minimum absolute atomic E-state index is 0.261. The van der Waals surface area contributed by atoms with Crippen LogP contribution in [0.5, 0.6) is 5.75 Å². The van der Waals surface area contributed by atoms with Crippen LogP contribution in [-0.2, 0) is 0 Å². The smallest absolute Gasteiger partial charge is 0.259 e. The quantitative estimate of drug-likeness (QED) is 0.728. The Balaban J connectivity index is 1.90. The molecule has 21 heavy (non-hydrogen) atoms. The minimum atomic E-state index is -0.261. The molecule has 5 nitrogen and oxygen atoms in total. The Morgan fingerprint density at radius 1 is 1.33 bits per heavy atom. The molecule has 0 fully saturated rings. The summed E-state index contributed by atoms with van der Waals surface area (Å²) in [7, 11) is 1.49. The average Bonchev–Trinajstić information content (AvgIpc) is 2.94. The van der Waals surface area contributed by atoms with Crippen molar-refractivity contribution in [1.29, 1.82) is 0 Å². The average molecular weight is 299 g/mol. The van der Waals surface area contributed by atoms with Crippen LogP contribution in [0.15, 0.2) is 41.9 Å².